The first-order valence-corrected chi connectivity index (χ1v) is 5.95. The number of carbonyl (C=O) groups is 1. The van der Waals surface area contributed by atoms with E-state index in [2.05, 4.69) is 6.58 Å². The summed E-state index contributed by atoms with van der Waals surface area (Å²) in [5.74, 6) is -0.315. The Bertz CT molecular complexity index is 222. The number of carboxylic acids is 1. The maximum absolute atomic E-state index is 9.25. The van der Waals surface area contributed by atoms with Gasteiger partial charge in [-0.15, -0.1) is 11.6 Å². The van der Waals surface area contributed by atoms with Crippen LogP contribution < -0.4 is 0 Å². The van der Waals surface area contributed by atoms with Crippen molar-refractivity contribution in [3.05, 3.63) is 12.7 Å². The minimum absolute atomic E-state index is 0.400. The largest absolute Gasteiger partial charge is 0.478 e. The van der Waals surface area contributed by atoms with Gasteiger partial charge in [0, 0.05) is 6.08 Å². The predicted octanol–water partition coefficient (Wildman–Crippen LogP) is -1.18. The molecule has 0 aromatic heterocycles. The lowest BCUT2D eigenvalue weighted by Gasteiger charge is -2.23. The molecule has 1 rings (SSSR count). The lowest BCUT2D eigenvalue weighted by Crippen LogP contribution is -2.37. The molecular weight excluding hydrogens is 280 g/mol. The van der Waals surface area contributed by atoms with E-state index in [0.29, 0.717) is 12.0 Å². The van der Waals surface area contributed by atoms with Crippen LogP contribution in [0.25, 0.3) is 0 Å². The van der Waals surface area contributed by atoms with Crippen molar-refractivity contribution in [3.8, 4) is 0 Å². The van der Waals surface area contributed by atoms with E-state index >= 15 is 0 Å². The summed E-state index contributed by atoms with van der Waals surface area (Å²) in [7, 11) is 0. The van der Waals surface area contributed by atoms with Gasteiger partial charge in [0.15, 0.2) is 0 Å². The molecule has 0 saturated carbocycles. The monoisotopic (exact) mass is 300 g/mol. The third kappa shape index (κ3) is 12.1. The fourth-order valence-corrected chi connectivity index (χ4v) is 0.635. The van der Waals surface area contributed by atoms with Crippen molar-refractivity contribution in [2.24, 2.45) is 5.41 Å². The van der Waals surface area contributed by atoms with E-state index in [4.69, 9.17) is 41.9 Å². The lowest BCUT2D eigenvalue weighted by atomic mass is 9.93. The molecule has 114 valence electrons. The Morgan fingerprint density at radius 1 is 1.26 bits per heavy atom. The number of halogens is 1. The van der Waals surface area contributed by atoms with Crippen molar-refractivity contribution in [2.75, 3.05) is 38.9 Å². The van der Waals surface area contributed by atoms with Crippen molar-refractivity contribution >= 4 is 17.6 Å². The zero-order chi connectivity index (χ0) is 15.3. The molecule has 8 heteroatoms. The van der Waals surface area contributed by atoms with E-state index in [-0.39, 0.29) is 0 Å². The van der Waals surface area contributed by atoms with E-state index in [9.17, 15) is 4.79 Å². The second-order valence-corrected chi connectivity index (χ2v) is 4.09. The molecule has 5 N–H and O–H groups in total. The van der Waals surface area contributed by atoms with Crippen LogP contribution in [0.15, 0.2) is 12.7 Å². The van der Waals surface area contributed by atoms with E-state index in [1.54, 1.807) is 0 Å². The number of alkyl halides is 1. The molecule has 1 aliphatic rings. The molecule has 1 heterocycles. The Morgan fingerprint density at radius 2 is 1.58 bits per heavy atom. The highest BCUT2D eigenvalue weighted by atomic mass is 35.5. The van der Waals surface area contributed by atoms with Crippen molar-refractivity contribution in [2.45, 2.75) is 6.10 Å². The fraction of sp³-hybridized carbons (Fsp3) is 0.727. The van der Waals surface area contributed by atoms with Gasteiger partial charge in [0.2, 0.25) is 0 Å². The van der Waals surface area contributed by atoms with Crippen LogP contribution in [0, 0.1) is 5.41 Å². The Morgan fingerprint density at radius 3 is 1.58 bits per heavy atom. The first-order valence-electron chi connectivity index (χ1n) is 5.41. The summed E-state index contributed by atoms with van der Waals surface area (Å²) in [5, 5.41) is 41.6. The summed E-state index contributed by atoms with van der Waals surface area (Å²) < 4.78 is 4.73. The first-order chi connectivity index (χ1) is 8.94. The van der Waals surface area contributed by atoms with Gasteiger partial charge in [0.1, 0.15) is 0 Å². The summed E-state index contributed by atoms with van der Waals surface area (Å²) in [6.07, 6.45) is 1.23. The quantitative estimate of drug-likeness (QED) is 0.237. The molecule has 0 aromatic carbocycles. The second kappa shape index (κ2) is 12.3. The molecule has 1 aliphatic heterocycles. The molecule has 7 nitrogen and oxygen atoms in total. The molecule has 0 bridgehead atoms. The SMILES string of the molecule is C=CC(=O)O.ClCC1CO1.OCC(CO)(CO)CO. The summed E-state index contributed by atoms with van der Waals surface area (Å²) in [4.78, 5) is 9.25. The number of rotatable bonds is 6. The van der Waals surface area contributed by atoms with Gasteiger partial charge in [0.25, 0.3) is 0 Å². The van der Waals surface area contributed by atoms with E-state index in [1.165, 1.54) is 0 Å². The van der Waals surface area contributed by atoms with Crippen LogP contribution in [0.4, 0.5) is 0 Å². The maximum atomic E-state index is 9.25. The number of aliphatic hydroxyl groups is 4. The van der Waals surface area contributed by atoms with E-state index in [0.717, 1.165) is 12.7 Å². The predicted molar refractivity (Wildman–Crippen MR) is 69.1 cm³/mol. The average Bonchev–Trinajstić information content (AvgIpc) is 3.27. The lowest BCUT2D eigenvalue weighted by molar-refractivity contribution is -0.131. The highest BCUT2D eigenvalue weighted by Crippen LogP contribution is 2.11. The van der Waals surface area contributed by atoms with Crippen LogP contribution >= 0.6 is 11.6 Å². The second-order valence-electron chi connectivity index (χ2n) is 3.78. The zero-order valence-electron chi connectivity index (χ0n) is 10.5. The van der Waals surface area contributed by atoms with Gasteiger partial charge >= 0.3 is 5.97 Å². The van der Waals surface area contributed by atoms with Crippen molar-refractivity contribution in [1.29, 1.82) is 0 Å². The smallest absolute Gasteiger partial charge is 0.327 e. The number of ether oxygens (including phenoxy) is 1. The molecule has 1 fully saturated rings. The van der Waals surface area contributed by atoms with Crippen LogP contribution in [0.3, 0.4) is 0 Å². The van der Waals surface area contributed by atoms with Crippen molar-refractivity contribution in [1.82, 2.24) is 0 Å². The van der Waals surface area contributed by atoms with Crippen LogP contribution in [0.1, 0.15) is 0 Å². The van der Waals surface area contributed by atoms with Gasteiger partial charge in [-0.3, -0.25) is 0 Å². The number of hydrogen-bond acceptors (Lipinski definition) is 6. The van der Waals surface area contributed by atoms with Crippen LogP contribution in [-0.2, 0) is 9.53 Å². The number of epoxide rings is 1. The van der Waals surface area contributed by atoms with E-state index in [1.807, 2.05) is 0 Å². The molecule has 1 atom stereocenters. The number of aliphatic hydroxyl groups excluding tert-OH is 4. The van der Waals surface area contributed by atoms with Crippen LogP contribution in [0.5, 0.6) is 0 Å². The van der Waals surface area contributed by atoms with Gasteiger partial charge in [-0.1, -0.05) is 6.58 Å². The Balaban J connectivity index is 0. The molecule has 0 spiro atoms. The van der Waals surface area contributed by atoms with Gasteiger partial charge in [-0.2, -0.15) is 0 Å². The Labute approximate surface area is 116 Å². The Kier molecular flexibility index (Phi) is 13.4. The summed E-state index contributed by atoms with van der Waals surface area (Å²) in [5.41, 5.74) is -1.11. The third-order valence-corrected chi connectivity index (χ3v) is 2.43. The maximum Gasteiger partial charge on any atom is 0.327 e. The van der Waals surface area contributed by atoms with Crippen LogP contribution in [-0.4, -0.2) is 76.5 Å². The Hall–Kier alpha value is -0.700. The van der Waals surface area contributed by atoms with Gasteiger partial charge in [-0.05, 0) is 0 Å². The molecule has 19 heavy (non-hydrogen) atoms. The fourth-order valence-electron chi connectivity index (χ4n) is 0.457. The molecule has 0 amide bonds. The molecule has 1 saturated heterocycles. The third-order valence-electron chi connectivity index (χ3n) is 2.09. The van der Waals surface area contributed by atoms with Gasteiger partial charge < -0.3 is 30.3 Å². The molecular formula is C11H21ClO7. The van der Waals surface area contributed by atoms with Crippen LogP contribution in [0.2, 0.25) is 0 Å². The highest BCUT2D eigenvalue weighted by molar-refractivity contribution is 6.18. The summed E-state index contributed by atoms with van der Waals surface area (Å²) >= 11 is 5.27. The summed E-state index contributed by atoms with van der Waals surface area (Å²) in [6, 6.07) is 0. The minimum Gasteiger partial charge on any atom is -0.478 e. The normalized spacial score (nSPS) is 16.4. The molecule has 1 unspecified atom stereocenters. The zero-order valence-corrected chi connectivity index (χ0v) is 11.3. The van der Waals surface area contributed by atoms with Crippen molar-refractivity contribution < 1.29 is 35.1 Å². The topological polar surface area (TPSA) is 131 Å². The van der Waals surface area contributed by atoms with E-state index < -0.39 is 37.8 Å². The minimum atomic E-state index is -1.11. The molecule has 0 aromatic rings. The van der Waals surface area contributed by atoms with Gasteiger partial charge in [-0.25, -0.2) is 4.79 Å². The standard InChI is InChI=1S/C5H12O4.C3H5ClO.C3H4O2/c6-1-5(2-7,3-8)4-9;4-1-3-2-5-3;1-2-3(4)5/h6-9H,1-4H2;3H,1-2H2;2H,1H2,(H,4,5). The number of hydrogen-bond donors (Lipinski definition) is 5. The highest BCUT2D eigenvalue weighted by Gasteiger charge is 2.26. The molecule has 0 aliphatic carbocycles. The summed E-state index contributed by atoms with van der Waals surface area (Å²) in [6.45, 7) is 2.21. The van der Waals surface area contributed by atoms with Crippen molar-refractivity contribution in [3.63, 3.8) is 0 Å². The van der Waals surface area contributed by atoms with Gasteiger partial charge in [0.05, 0.1) is 50.4 Å². The molecule has 0 radical (unpaired) electrons. The number of carboxylic acid groups (broad SMARTS) is 1. The average molecular weight is 301 g/mol. The number of aliphatic carboxylic acids is 1. The first kappa shape index (κ1) is 20.6.